The molecule has 0 atom stereocenters. The maximum atomic E-state index is 12.2. The Balaban J connectivity index is 1.33. The van der Waals surface area contributed by atoms with Crippen molar-refractivity contribution in [3.8, 4) is 11.1 Å². The third-order valence-electron chi connectivity index (χ3n) is 5.45. The van der Waals surface area contributed by atoms with Gasteiger partial charge in [0.05, 0.1) is 4.92 Å². The molecule has 0 aromatic heterocycles. The molecule has 0 saturated carbocycles. The lowest BCUT2D eigenvalue weighted by atomic mass is 9.98. The summed E-state index contributed by atoms with van der Waals surface area (Å²) in [6.07, 6.45) is 2.97. The number of nitrogens with zero attached hydrogens (tertiary/aromatic N) is 1. The number of rotatable bonds is 6. The molecule has 1 N–H and O–H groups in total. The second-order valence-corrected chi connectivity index (χ2v) is 7.41. The Hall–Kier alpha value is -3.93. The maximum absolute atomic E-state index is 12.2. The normalized spacial score (nSPS) is 12.4. The molecule has 1 aliphatic carbocycles. The SMILES string of the molecule is Cc1ccc(C=CCNC(=O)OCC2c3ccccc3-c3ccccc32)cc1[N+](=O)[O-]. The Kier molecular flexibility index (Phi) is 5.80. The minimum atomic E-state index is -0.499. The third kappa shape index (κ3) is 4.33. The lowest BCUT2D eigenvalue weighted by Gasteiger charge is -2.14. The van der Waals surface area contributed by atoms with Crippen LogP contribution in [0, 0.1) is 17.0 Å². The Bertz CT molecular complexity index is 1120. The minimum Gasteiger partial charge on any atom is -0.449 e. The number of fused-ring (bicyclic) bond motifs is 3. The zero-order valence-electron chi connectivity index (χ0n) is 17.1. The average Bonchev–Trinajstić information content (AvgIpc) is 3.10. The summed E-state index contributed by atoms with van der Waals surface area (Å²) in [6.45, 7) is 2.22. The van der Waals surface area contributed by atoms with Gasteiger partial charge in [-0.3, -0.25) is 10.1 Å². The van der Waals surface area contributed by atoms with E-state index in [-0.39, 0.29) is 24.8 Å². The van der Waals surface area contributed by atoms with E-state index in [1.807, 2.05) is 24.3 Å². The van der Waals surface area contributed by atoms with Crippen molar-refractivity contribution in [2.45, 2.75) is 12.8 Å². The van der Waals surface area contributed by atoms with Crippen LogP contribution in [-0.4, -0.2) is 24.2 Å². The summed E-state index contributed by atoms with van der Waals surface area (Å²) in [7, 11) is 0. The van der Waals surface area contributed by atoms with Crippen molar-refractivity contribution in [2.75, 3.05) is 13.2 Å². The molecule has 1 amide bonds. The molecule has 0 bridgehead atoms. The summed E-state index contributed by atoms with van der Waals surface area (Å²) in [5.74, 6) is 0.0156. The summed E-state index contributed by atoms with van der Waals surface area (Å²) in [4.78, 5) is 22.8. The summed E-state index contributed by atoms with van der Waals surface area (Å²) in [6, 6.07) is 21.4. The van der Waals surface area contributed by atoms with Gasteiger partial charge in [-0.05, 0) is 34.7 Å². The molecule has 6 nitrogen and oxygen atoms in total. The van der Waals surface area contributed by atoms with Crippen LogP contribution in [0.2, 0.25) is 0 Å². The van der Waals surface area contributed by atoms with Crippen LogP contribution in [0.1, 0.15) is 28.2 Å². The summed E-state index contributed by atoms with van der Waals surface area (Å²) >= 11 is 0. The van der Waals surface area contributed by atoms with E-state index in [2.05, 4.69) is 29.6 Å². The molecular weight excluding hydrogens is 392 g/mol. The van der Waals surface area contributed by atoms with Crippen LogP contribution in [-0.2, 0) is 4.74 Å². The van der Waals surface area contributed by atoms with Gasteiger partial charge >= 0.3 is 6.09 Å². The molecule has 4 rings (SSSR count). The van der Waals surface area contributed by atoms with Gasteiger partial charge < -0.3 is 10.1 Å². The number of alkyl carbamates (subject to hydrolysis) is 1. The second kappa shape index (κ2) is 8.83. The second-order valence-electron chi connectivity index (χ2n) is 7.41. The first-order chi connectivity index (χ1) is 15.0. The molecule has 0 fully saturated rings. The van der Waals surface area contributed by atoms with Crippen LogP contribution >= 0.6 is 0 Å². The van der Waals surface area contributed by atoms with Crippen LogP contribution in [0.3, 0.4) is 0 Å². The largest absolute Gasteiger partial charge is 0.449 e. The molecular formula is C25H22N2O4. The molecule has 6 heteroatoms. The molecule has 1 aliphatic rings. The van der Waals surface area contributed by atoms with Crippen molar-refractivity contribution in [3.63, 3.8) is 0 Å². The molecule has 0 aliphatic heterocycles. The van der Waals surface area contributed by atoms with Crippen molar-refractivity contribution in [2.24, 2.45) is 0 Å². The smallest absolute Gasteiger partial charge is 0.407 e. The lowest BCUT2D eigenvalue weighted by molar-refractivity contribution is -0.385. The Labute approximate surface area is 180 Å². The molecule has 0 saturated heterocycles. The van der Waals surface area contributed by atoms with E-state index >= 15 is 0 Å². The Morgan fingerprint density at radius 3 is 2.35 bits per heavy atom. The van der Waals surface area contributed by atoms with Gasteiger partial charge in [-0.15, -0.1) is 0 Å². The van der Waals surface area contributed by atoms with E-state index < -0.39 is 11.0 Å². The fraction of sp³-hybridized carbons (Fsp3) is 0.160. The fourth-order valence-corrected chi connectivity index (χ4v) is 3.91. The standard InChI is InChI=1S/C25H22N2O4/c1-17-12-13-18(15-24(17)27(29)30)7-6-14-26-25(28)31-16-23-21-10-4-2-8-19(21)20-9-3-5-11-22(20)23/h2-13,15,23H,14,16H2,1H3,(H,26,28). The molecule has 0 radical (unpaired) electrons. The number of nitrogens with one attached hydrogen (secondary N) is 1. The Morgan fingerprint density at radius 2 is 1.71 bits per heavy atom. The maximum Gasteiger partial charge on any atom is 0.407 e. The zero-order valence-corrected chi connectivity index (χ0v) is 17.1. The number of amides is 1. The molecule has 31 heavy (non-hydrogen) atoms. The van der Waals surface area contributed by atoms with E-state index in [0.29, 0.717) is 11.1 Å². The summed E-state index contributed by atoms with van der Waals surface area (Å²) in [5, 5.41) is 13.7. The first-order valence-electron chi connectivity index (χ1n) is 10.0. The number of carbonyl (C=O) groups excluding carboxylic acids is 1. The highest BCUT2D eigenvalue weighted by molar-refractivity contribution is 5.79. The molecule has 0 spiro atoms. The van der Waals surface area contributed by atoms with Crippen LogP contribution in [0.4, 0.5) is 10.5 Å². The van der Waals surface area contributed by atoms with Gasteiger partial charge in [0, 0.05) is 24.1 Å². The highest BCUT2D eigenvalue weighted by Gasteiger charge is 2.28. The quantitative estimate of drug-likeness (QED) is 0.429. The van der Waals surface area contributed by atoms with E-state index in [0.717, 1.165) is 11.1 Å². The number of benzene rings is 3. The van der Waals surface area contributed by atoms with Gasteiger partial charge in [-0.1, -0.05) is 72.8 Å². The highest BCUT2D eigenvalue weighted by Crippen LogP contribution is 2.44. The number of carbonyl (C=O) groups is 1. The topological polar surface area (TPSA) is 81.5 Å². The van der Waals surface area contributed by atoms with Crippen LogP contribution in [0.5, 0.6) is 0 Å². The fourth-order valence-electron chi connectivity index (χ4n) is 3.91. The molecule has 156 valence electrons. The number of nitro groups is 1. The summed E-state index contributed by atoms with van der Waals surface area (Å²) in [5.41, 5.74) is 6.08. The van der Waals surface area contributed by atoms with Crippen molar-refractivity contribution in [1.82, 2.24) is 5.32 Å². The predicted molar refractivity (Wildman–Crippen MR) is 120 cm³/mol. The molecule has 3 aromatic rings. The van der Waals surface area contributed by atoms with Crippen LogP contribution in [0.15, 0.2) is 72.8 Å². The van der Waals surface area contributed by atoms with Gasteiger partial charge in [0.25, 0.3) is 5.69 Å². The average molecular weight is 414 g/mol. The first-order valence-corrected chi connectivity index (χ1v) is 10.0. The van der Waals surface area contributed by atoms with Crippen LogP contribution in [0.25, 0.3) is 17.2 Å². The molecule has 0 unspecified atom stereocenters. The van der Waals surface area contributed by atoms with Crippen molar-refractivity contribution >= 4 is 17.9 Å². The third-order valence-corrected chi connectivity index (χ3v) is 5.45. The predicted octanol–water partition coefficient (Wildman–Crippen LogP) is 5.46. The molecule has 3 aromatic carbocycles. The van der Waals surface area contributed by atoms with Gasteiger partial charge in [0.15, 0.2) is 0 Å². The van der Waals surface area contributed by atoms with Crippen LogP contribution < -0.4 is 5.32 Å². The Morgan fingerprint density at radius 1 is 1.06 bits per heavy atom. The minimum absolute atomic E-state index is 0.0156. The van der Waals surface area contributed by atoms with E-state index in [9.17, 15) is 14.9 Å². The summed E-state index contributed by atoms with van der Waals surface area (Å²) < 4.78 is 5.49. The highest BCUT2D eigenvalue weighted by atomic mass is 16.6. The van der Waals surface area contributed by atoms with Gasteiger partial charge in [-0.2, -0.15) is 0 Å². The number of hydrogen-bond donors (Lipinski definition) is 1. The van der Waals surface area contributed by atoms with E-state index in [1.165, 1.54) is 17.2 Å². The number of hydrogen-bond acceptors (Lipinski definition) is 4. The monoisotopic (exact) mass is 414 g/mol. The number of aryl methyl sites for hydroxylation is 1. The zero-order chi connectivity index (χ0) is 21.8. The van der Waals surface area contributed by atoms with Gasteiger partial charge in [-0.25, -0.2) is 4.79 Å². The van der Waals surface area contributed by atoms with E-state index in [1.54, 1.807) is 31.2 Å². The van der Waals surface area contributed by atoms with Crippen molar-refractivity contribution in [3.05, 3.63) is 105 Å². The lowest BCUT2D eigenvalue weighted by Crippen LogP contribution is -2.26. The van der Waals surface area contributed by atoms with E-state index in [4.69, 9.17) is 4.74 Å². The van der Waals surface area contributed by atoms with Crippen molar-refractivity contribution < 1.29 is 14.5 Å². The van der Waals surface area contributed by atoms with Gasteiger partial charge in [0.1, 0.15) is 6.61 Å². The molecule has 0 heterocycles. The van der Waals surface area contributed by atoms with Crippen molar-refractivity contribution in [1.29, 1.82) is 0 Å². The first kappa shape index (κ1) is 20.3. The van der Waals surface area contributed by atoms with Gasteiger partial charge in [0.2, 0.25) is 0 Å². The number of ether oxygens (including phenoxy) is 1. The number of nitro benzene ring substituents is 1.